The van der Waals surface area contributed by atoms with Crippen LogP contribution in [0.5, 0.6) is 0 Å². The number of hydrogen-bond donors (Lipinski definition) is 2. The summed E-state index contributed by atoms with van der Waals surface area (Å²) < 4.78 is 30.1. The Morgan fingerprint density at radius 1 is 1.12 bits per heavy atom. The predicted octanol–water partition coefficient (Wildman–Crippen LogP) is 0.918. The second kappa shape index (κ2) is 7.29. The summed E-state index contributed by atoms with van der Waals surface area (Å²) >= 11 is 0. The van der Waals surface area contributed by atoms with Crippen molar-refractivity contribution in [3.05, 3.63) is 36.4 Å². The summed E-state index contributed by atoms with van der Waals surface area (Å²) in [5, 5.41) is 3.14. The summed E-state index contributed by atoms with van der Waals surface area (Å²) in [6.07, 6.45) is 5.69. The molecule has 130 valence electrons. The number of anilines is 1. The van der Waals surface area contributed by atoms with E-state index in [2.05, 4.69) is 20.0 Å². The molecular formula is C15H22N6O2S. The first-order valence-electron chi connectivity index (χ1n) is 8.02. The van der Waals surface area contributed by atoms with E-state index in [0.717, 1.165) is 18.7 Å². The van der Waals surface area contributed by atoms with E-state index >= 15 is 0 Å². The molecule has 0 amide bonds. The fraction of sp³-hybridized carbons (Fsp3) is 0.467. The van der Waals surface area contributed by atoms with Crippen LogP contribution in [0.4, 0.5) is 5.82 Å². The van der Waals surface area contributed by atoms with Gasteiger partial charge in [-0.25, -0.2) is 14.7 Å². The van der Waals surface area contributed by atoms with Crippen molar-refractivity contribution >= 4 is 16.0 Å². The molecule has 0 aromatic carbocycles. The second-order valence-electron chi connectivity index (χ2n) is 5.68. The van der Waals surface area contributed by atoms with E-state index in [4.69, 9.17) is 0 Å². The summed E-state index contributed by atoms with van der Waals surface area (Å²) in [5.41, 5.74) is 0. The molecule has 9 heteroatoms. The van der Waals surface area contributed by atoms with Crippen LogP contribution in [0.25, 0.3) is 5.82 Å². The fourth-order valence-electron chi connectivity index (χ4n) is 2.65. The lowest BCUT2D eigenvalue weighted by Crippen LogP contribution is -2.40. The maximum Gasteiger partial charge on any atom is 0.279 e. The summed E-state index contributed by atoms with van der Waals surface area (Å²) in [5.74, 6) is 2.10. The monoisotopic (exact) mass is 350 g/mol. The van der Waals surface area contributed by atoms with Crippen molar-refractivity contribution < 1.29 is 8.42 Å². The van der Waals surface area contributed by atoms with E-state index in [1.54, 1.807) is 0 Å². The Hall–Kier alpha value is -1.97. The van der Waals surface area contributed by atoms with Crippen molar-refractivity contribution in [3.8, 4) is 5.82 Å². The molecular weight excluding hydrogens is 328 g/mol. The molecule has 1 saturated heterocycles. The minimum atomic E-state index is -3.36. The largest absolute Gasteiger partial charge is 0.369 e. The highest BCUT2D eigenvalue weighted by Gasteiger charge is 2.24. The average molecular weight is 350 g/mol. The summed E-state index contributed by atoms with van der Waals surface area (Å²) in [4.78, 5) is 8.72. The maximum atomic E-state index is 12.1. The van der Waals surface area contributed by atoms with Gasteiger partial charge in [-0.1, -0.05) is 0 Å². The molecule has 2 N–H and O–H groups in total. The van der Waals surface area contributed by atoms with Gasteiger partial charge in [-0.2, -0.15) is 12.7 Å². The molecule has 0 bridgehead atoms. The Morgan fingerprint density at radius 3 is 2.54 bits per heavy atom. The van der Waals surface area contributed by atoms with E-state index < -0.39 is 10.2 Å². The molecule has 3 heterocycles. The van der Waals surface area contributed by atoms with Crippen LogP contribution >= 0.6 is 0 Å². The number of rotatable bonds is 7. The lowest BCUT2D eigenvalue weighted by molar-refractivity contribution is 0.466. The fourth-order valence-corrected chi connectivity index (χ4v) is 3.93. The first-order valence-corrected chi connectivity index (χ1v) is 9.46. The zero-order chi connectivity index (χ0) is 17.0. The quantitative estimate of drug-likeness (QED) is 0.725. The van der Waals surface area contributed by atoms with Crippen LogP contribution in [-0.2, 0) is 10.2 Å². The third-order valence-corrected chi connectivity index (χ3v) is 5.43. The number of aryl methyl sites for hydroxylation is 1. The van der Waals surface area contributed by atoms with Crippen LogP contribution in [0.1, 0.15) is 18.7 Å². The van der Waals surface area contributed by atoms with Gasteiger partial charge in [-0.05, 0) is 31.9 Å². The van der Waals surface area contributed by atoms with Gasteiger partial charge in [0.15, 0.2) is 0 Å². The minimum Gasteiger partial charge on any atom is -0.369 e. The average Bonchev–Trinajstić information content (AvgIpc) is 3.23. The Balaban J connectivity index is 1.55. The summed E-state index contributed by atoms with van der Waals surface area (Å²) in [6.45, 7) is 3.80. The molecule has 0 saturated carbocycles. The van der Waals surface area contributed by atoms with Crippen molar-refractivity contribution in [1.29, 1.82) is 0 Å². The van der Waals surface area contributed by atoms with Crippen LogP contribution in [-0.4, -0.2) is 53.4 Å². The Kier molecular flexibility index (Phi) is 5.12. The molecule has 3 rings (SSSR count). The zero-order valence-corrected chi connectivity index (χ0v) is 14.5. The molecule has 24 heavy (non-hydrogen) atoms. The smallest absolute Gasteiger partial charge is 0.279 e. The molecule has 0 radical (unpaired) electrons. The number of nitrogens with one attached hydrogen (secondary N) is 2. The molecule has 0 atom stereocenters. The number of nitrogens with zero attached hydrogens (tertiary/aromatic N) is 4. The normalized spacial score (nSPS) is 15.7. The predicted molar refractivity (Wildman–Crippen MR) is 92.3 cm³/mol. The van der Waals surface area contributed by atoms with Crippen molar-refractivity contribution in [1.82, 2.24) is 23.6 Å². The van der Waals surface area contributed by atoms with Gasteiger partial charge in [0.1, 0.15) is 17.5 Å². The van der Waals surface area contributed by atoms with E-state index in [-0.39, 0.29) is 0 Å². The van der Waals surface area contributed by atoms with Crippen LogP contribution in [0.15, 0.2) is 30.6 Å². The van der Waals surface area contributed by atoms with Gasteiger partial charge in [0.2, 0.25) is 0 Å². The molecule has 1 aliphatic heterocycles. The minimum absolute atomic E-state index is 0.306. The van der Waals surface area contributed by atoms with Crippen molar-refractivity contribution in [2.24, 2.45) is 0 Å². The van der Waals surface area contributed by atoms with Gasteiger partial charge >= 0.3 is 0 Å². The first kappa shape index (κ1) is 16.9. The van der Waals surface area contributed by atoms with E-state index in [1.807, 2.05) is 42.1 Å². The molecule has 0 aliphatic carbocycles. The second-order valence-corrected chi connectivity index (χ2v) is 7.44. The zero-order valence-electron chi connectivity index (χ0n) is 13.6. The van der Waals surface area contributed by atoms with E-state index in [1.165, 1.54) is 4.31 Å². The van der Waals surface area contributed by atoms with Gasteiger partial charge in [-0.15, -0.1) is 0 Å². The first-order chi connectivity index (χ1) is 11.5. The van der Waals surface area contributed by atoms with Gasteiger partial charge < -0.3 is 9.88 Å². The Bertz CT molecular complexity index is 769. The van der Waals surface area contributed by atoms with Crippen molar-refractivity contribution in [2.45, 2.75) is 19.8 Å². The Labute approximate surface area is 142 Å². The standard InChI is InChI=1S/C15H22N6O2S/c1-13-18-14(12-15(19-13)20-8-2-3-9-20)16-6-7-17-24(22,23)21-10-4-5-11-21/h2-3,8-9,12,17H,4-7,10-11H2,1H3,(H,16,18,19). The molecule has 1 aliphatic rings. The third-order valence-electron chi connectivity index (χ3n) is 3.81. The molecule has 8 nitrogen and oxygen atoms in total. The lowest BCUT2D eigenvalue weighted by atomic mass is 10.4. The van der Waals surface area contributed by atoms with Crippen molar-refractivity contribution in [2.75, 3.05) is 31.5 Å². The number of hydrogen-bond acceptors (Lipinski definition) is 5. The van der Waals surface area contributed by atoms with Gasteiger partial charge in [0.05, 0.1) is 0 Å². The van der Waals surface area contributed by atoms with Gasteiger partial charge in [0, 0.05) is 44.6 Å². The SMILES string of the molecule is Cc1nc(NCCNS(=O)(=O)N2CCCC2)cc(-n2cccc2)n1. The maximum absolute atomic E-state index is 12.1. The molecule has 2 aromatic heterocycles. The molecule has 1 fully saturated rings. The summed E-state index contributed by atoms with van der Waals surface area (Å²) in [7, 11) is -3.36. The molecule has 0 unspecified atom stereocenters. The highest BCUT2D eigenvalue weighted by atomic mass is 32.2. The number of aromatic nitrogens is 3. The van der Waals surface area contributed by atoms with Crippen LogP contribution < -0.4 is 10.0 Å². The Morgan fingerprint density at radius 2 is 1.83 bits per heavy atom. The lowest BCUT2D eigenvalue weighted by Gasteiger charge is -2.16. The van der Waals surface area contributed by atoms with E-state index in [0.29, 0.717) is 37.8 Å². The van der Waals surface area contributed by atoms with Crippen LogP contribution in [0.3, 0.4) is 0 Å². The van der Waals surface area contributed by atoms with Crippen LogP contribution in [0, 0.1) is 6.92 Å². The van der Waals surface area contributed by atoms with E-state index in [9.17, 15) is 8.42 Å². The summed E-state index contributed by atoms with van der Waals surface area (Å²) in [6, 6.07) is 5.69. The third kappa shape index (κ3) is 4.11. The molecule has 0 spiro atoms. The van der Waals surface area contributed by atoms with Crippen molar-refractivity contribution in [3.63, 3.8) is 0 Å². The molecule has 2 aromatic rings. The van der Waals surface area contributed by atoms with Gasteiger partial charge in [-0.3, -0.25) is 0 Å². The topological polar surface area (TPSA) is 92.1 Å². The highest BCUT2D eigenvalue weighted by molar-refractivity contribution is 7.87. The highest BCUT2D eigenvalue weighted by Crippen LogP contribution is 2.12. The van der Waals surface area contributed by atoms with Gasteiger partial charge in [0.25, 0.3) is 10.2 Å². The van der Waals surface area contributed by atoms with Crippen LogP contribution in [0.2, 0.25) is 0 Å².